The number of benzene rings is 3. The molecule has 3 aromatic carbocycles. The highest BCUT2D eigenvalue weighted by Crippen LogP contribution is 2.22. The molecule has 0 bridgehead atoms. The minimum absolute atomic E-state index is 0.0123. The first-order chi connectivity index (χ1) is 16.0. The molecule has 0 radical (unpaired) electrons. The fourth-order valence-corrected chi connectivity index (χ4v) is 4.28. The summed E-state index contributed by atoms with van der Waals surface area (Å²) in [7, 11) is 1.60. The standard InChI is InChI=1S/C28H30N2O3/c1-21-8-10-23(11-9-21)18-30-25(15-12-22-6-4-3-5-7-22)19-29(20-27(30)31)28(32)24-13-16-26(33-2)17-14-24/h3-11,13-14,16-17,25H,12,15,18-20H2,1-2H3/t25-/m0/s1. The van der Waals surface area contributed by atoms with Crippen molar-refractivity contribution >= 4 is 11.8 Å². The molecule has 1 saturated heterocycles. The number of carbonyl (C=O) groups is 2. The molecular weight excluding hydrogens is 412 g/mol. The Labute approximate surface area is 195 Å². The number of ether oxygens (including phenoxy) is 1. The minimum atomic E-state index is -0.120. The second kappa shape index (κ2) is 10.3. The van der Waals surface area contributed by atoms with Crippen LogP contribution in [0.4, 0.5) is 0 Å². The average molecular weight is 443 g/mol. The normalized spacial score (nSPS) is 16.1. The van der Waals surface area contributed by atoms with Crippen molar-refractivity contribution in [2.75, 3.05) is 20.2 Å². The van der Waals surface area contributed by atoms with Crippen molar-refractivity contribution in [2.24, 2.45) is 0 Å². The summed E-state index contributed by atoms with van der Waals surface area (Å²) in [5.41, 5.74) is 4.10. The summed E-state index contributed by atoms with van der Waals surface area (Å²) >= 11 is 0. The van der Waals surface area contributed by atoms with E-state index < -0.39 is 0 Å². The maximum atomic E-state index is 13.2. The first kappa shape index (κ1) is 22.6. The average Bonchev–Trinajstić information content (AvgIpc) is 2.85. The Kier molecular flexibility index (Phi) is 7.08. The van der Waals surface area contributed by atoms with Gasteiger partial charge in [-0.15, -0.1) is 0 Å². The topological polar surface area (TPSA) is 49.9 Å². The van der Waals surface area contributed by atoms with E-state index in [0.717, 1.165) is 18.4 Å². The highest BCUT2D eigenvalue weighted by molar-refractivity contribution is 5.97. The number of amides is 2. The minimum Gasteiger partial charge on any atom is -0.497 e. The summed E-state index contributed by atoms with van der Waals surface area (Å²) < 4.78 is 5.19. The zero-order valence-electron chi connectivity index (χ0n) is 19.2. The van der Waals surface area contributed by atoms with Gasteiger partial charge in [0.2, 0.25) is 5.91 Å². The molecule has 170 valence electrons. The van der Waals surface area contributed by atoms with E-state index in [1.54, 1.807) is 36.3 Å². The third-order valence-electron chi connectivity index (χ3n) is 6.23. The van der Waals surface area contributed by atoms with Gasteiger partial charge in [0.25, 0.3) is 5.91 Å². The fourth-order valence-electron chi connectivity index (χ4n) is 4.28. The van der Waals surface area contributed by atoms with Gasteiger partial charge in [0.1, 0.15) is 12.3 Å². The third kappa shape index (κ3) is 5.61. The Bertz CT molecular complexity index is 1080. The van der Waals surface area contributed by atoms with Crippen molar-refractivity contribution in [1.82, 2.24) is 9.80 Å². The Morgan fingerprint density at radius 2 is 1.64 bits per heavy atom. The van der Waals surface area contributed by atoms with E-state index in [1.807, 2.05) is 23.1 Å². The smallest absolute Gasteiger partial charge is 0.254 e. The number of hydrogen-bond donors (Lipinski definition) is 0. The quantitative estimate of drug-likeness (QED) is 0.542. The van der Waals surface area contributed by atoms with Crippen LogP contribution < -0.4 is 4.74 Å². The molecule has 1 aliphatic rings. The third-order valence-corrected chi connectivity index (χ3v) is 6.23. The second-order valence-corrected chi connectivity index (χ2v) is 8.60. The van der Waals surface area contributed by atoms with E-state index >= 15 is 0 Å². The lowest BCUT2D eigenvalue weighted by Gasteiger charge is -2.41. The molecule has 4 rings (SSSR count). The SMILES string of the molecule is COc1ccc(C(=O)N2CC(=O)N(Cc3ccc(C)cc3)[C@@H](CCc3ccccc3)C2)cc1. The predicted molar refractivity (Wildman–Crippen MR) is 129 cm³/mol. The van der Waals surface area contributed by atoms with E-state index in [1.165, 1.54) is 11.1 Å². The van der Waals surface area contributed by atoms with Crippen LogP contribution in [0.15, 0.2) is 78.9 Å². The summed E-state index contributed by atoms with van der Waals surface area (Å²) in [6.07, 6.45) is 1.65. The maximum absolute atomic E-state index is 13.2. The van der Waals surface area contributed by atoms with Gasteiger partial charge in [-0.05, 0) is 55.2 Å². The predicted octanol–water partition coefficient (Wildman–Crippen LogP) is 4.49. The molecule has 5 heteroatoms. The number of methoxy groups -OCH3 is 1. The first-order valence-electron chi connectivity index (χ1n) is 11.4. The number of carbonyl (C=O) groups excluding carboxylic acids is 2. The molecule has 0 aromatic heterocycles. The highest BCUT2D eigenvalue weighted by Gasteiger charge is 2.34. The van der Waals surface area contributed by atoms with Gasteiger partial charge in [-0.1, -0.05) is 60.2 Å². The van der Waals surface area contributed by atoms with Crippen LogP contribution in [-0.2, 0) is 17.8 Å². The summed E-state index contributed by atoms with van der Waals surface area (Å²) in [5, 5.41) is 0. The van der Waals surface area contributed by atoms with Crippen LogP contribution in [0.2, 0.25) is 0 Å². The van der Waals surface area contributed by atoms with E-state index in [0.29, 0.717) is 24.4 Å². The van der Waals surface area contributed by atoms with E-state index in [-0.39, 0.29) is 24.4 Å². The van der Waals surface area contributed by atoms with Crippen LogP contribution in [0.5, 0.6) is 5.75 Å². The molecule has 1 aliphatic heterocycles. The lowest BCUT2D eigenvalue weighted by atomic mass is 10.00. The lowest BCUT2D eigenvalue weighted by molar-refractivity contribution is -0.139. The summed E-state index contributed by atoms with van der Waals surface area (Å²) in [6, 6.07) is 25.6. The van der Waals surface area contributed by atoms with Crippen LogP contribution in [-0.4, -0.2) is 47.9 Å². The van der Waals surface area contributed by atoms with Gasteiger partial charge in [0.15, 0.2) is 0 Å². The van der Waals surface area contributed by atoms with Crippen molar-refractivity contribution < 1.29 is 14.3 Å². The molecule has 5 nitrogen and oxygen atoms in total. The van der Waals surface area contributed by atoms with Gasteiger partial charge in [0.05, 0.1) is 13.2 Å². The molecule has 1 atom stereocenters. The van der Waals surface area contributed by atoms with Gasteiger partial charge in [-0.25, -0.2) is 0 Å². The second-order valence-electron chi connectivity index (χ2n) is 8.60. The van der Waals surface area contributed by atoms with Crippen molar-refractivity contribution in [3.63, 3.8) is 0 Å². The summed E-state index contributed by atoms with van der Waals surface area (Å²) in [5.74, 6) is 0.568. The van der Waals surface area contributed by atoms with Crippen LogP contribution in [0, 0.1) is 6.92 Å². The molecule has 0 N–H and O–H groups in total. The van der Waals surface area contributed by atoms with Crippen LogP contribution in [0.3, 0.4) is 0 Å². The van der Waals surface area contributed by atoms with E-state index in [4.69, 9.17) is 4.74 Å². The summed E-state index contributed by atoms with van der Waals surface area (Å²) in [6.45, 7) is 3.23. The van der Waals surface area contributed by atoms with E-state index in [2.05, 4.69) is 43.3 Å². The van der Waals surface area contributed by atoms with Crippen molar-refractivity contribution in [2.45, 2.75) is 32.4 Å². The van der Waals surface area contributed by atoms with Crippen LogP contribution in [0.1, 0.15) is 33.5 Å². The van der Waals surface area contributed by atoms with Crippen molar-refractivity contribution in [3.8, 4) is 5.75 Å². The molecule has 2 amide bonds. The number of rotatable bonds is 7. The number of hydrogen-bond acceptors (Lipinski definition) is 3. The molecule has 1 heterocycles. The molecule has 0 unspecified atom stereocenters. The largest absolute Gasteiger partial charge is 0.497 e. The number of aryl methyl sites for hydroxylation is 2. The molecule has 0 spiro atoms. The van der Waals surface area contributed by atoms with Crippen molar-refractivity contribution in [3.05, 3.63) is 101 Å². The van der Waals surface area contributed by atoms with Gasteiger partial charge in [-0.2, -0.15) is 0 Å². The van der Waals surface area contributed by atoms with E-state index in [9.17, 15) is 9.59 Å². The fraction of sp³-hybridized carbons (Fsp3) is 0.286. The van der Waals surface area contributed by atoms with Gasteiger partial charge >= 0.3 is 0 Å². The van der Waals surface area contributed by atoms with Gasteiger partial charge in [0, 0.05) is 18.7 Å². The molecular formula is C28H30N2O3. The molecule has 0 saturated carbocycles. The van der Waals surface area contributed by atoms with Gasteiger partial charge < -0.3 is 14.5 Å². The molecule has 1 fully saturated rings. The van der Waals surface area contributed by atoms with Crippen LogP contribution in [0.25, 0.3) is 0 Å². The summed E-state index contributed by atoms with van der Waals surface area (Å²) in [4.78, 5) is 30.1. The number of nitrogens with zero attached hydrogens (tertiary/aromatic N) is 2. The Morgan fingerprint density at radius 3 is 2.30 bits per heavy atom. The molecule has 0 aliphatic carbocycles. The first-order valence-corrected chi connectivity index (χ1v) is 11.4. The van der Waals surface area contributed by atoms with Crippen LogP contribution >= 0.6 is 0 Å². The van der Waals surface area contributed by atoms with Gasteiger partial charge in [-0.3, -0.25) is 9.59 Å². The van der Waals surface area contributed by atoms with Crippen molar-refractivity contribution in [1.29, 1.82) is 0 Å². The maximum Gasteiger partial charge on any atom is 0.254 e. The highest BCUT2D eigenvalue weighted by atomic mass is 16.5. The molecule has 33 heavy (non-hydrogen) atoms. The molecule has 3 aromatic rings. The Morgan fingerprint density at radius 1 is 0.939 bits per heavy atom. The zero-order chi connectivity index (χ0) is 23.2. The monoisotopic (exact) mass is 442 g/mol. The number of piperazine rings is 1. The Hall–Kier alpha value is -3.60. The lowest BCUT2D eigenvalue weighted by Crippen LogP contribution is -2.57. The zero-order valence-corrected chi connectivity index (χ0v) is 19.2. The Balaban J connectivity index is 1.53.